The number of phenolic OH excluding ortho intramolecular Hbond substituents is 1. The van der Waals surface area contributed by atoms with E-state index in [0.29, 0.717) is 6.21 Å². The van der Waals surface area contributed by atoms with Gasteiger partial charge in [-0.15, -0.1) is 0 Å². The number of aliphatic hydroxyl groups is 1. The molecule has 0 atom stereocenters. The van der Waals surface area contributed by atoms with Gasteiger partial charge >= 0.3 is 5.97 Å². The highest BCUT2D eigenvalue weighted by atomic mass is 19.2. The summed E-state index contributed by atoms with van der Waals surface area (Å²) in [5.74, 6) is -11.4. The molecule has 0 radical (unpaired) electrons. The van der Waals surface area contributed by atoms with Crippen LogP contribution in [-0.2, 0) is 9.53 Å². The molecule has 0 amide bonds. The van der Waals surface area contributed by atoms with E-state index in [-0.39, 0.29) is 18.4 Å². The van der Waals surface area contributed by atoms with Gasteiger partial charge in [-0.3, -0.25) is 15.1 Å². The van der Waals surface area contributed by atoms with Gasteiger partial charge in [-0.05, 0) is 19.1 Å². The summed E-state index contributed by atoms with van der Waals surface area (Å²) in [6.07, 6.45) is 0.576. The Morgan fingerprint density at radius 3 is 2.43 bits per heavy atom. The molecule has 2 N–H and O–H groups in total. The second-order valence-electron chi connectivity index (χ2n) is 5.52. The smallest absolute Gasteiger partial charge is 0.343 e. The van der Waals surface area contributed by atoms with E-state index < -0.39 is 62.5 Å². The van der Waals surface area contributed by atoms with Crippen LogP contribution in [0.15, 0.2) is 34.8 Å². The summed E-state index contributed by atoms with van der Waals surface area (Å²) >= 11 is 0. The molecule has 0 saturated carbocycles. The first-order valence-electron chi connectivity index (χ1n) is 8.03. The van der Waals surface area contributed by atoms with Crippen molar-refractivity contribution in [3.63, 3.8) is 0 Å². The molecule has 0 saturated heterocycles. The maximum Gasteiger partial charge on any atom is 0.343 e. The normalized spacial score (nSPS) is 12.0. The van der Waals surface area contributed by atoms with Crippen molar-refractivity contribution in [3.8, 4) is 5.75 Å². The minimum atomic E-state index is -2.22. The number of carbonyl (C=O) groups excluding carboxylic acids is 1. The molecule has 2 aromatic rings. The van der Waals surface area contributed by atoms with Crippen molar-refractivity contribution in [3.05, 3.63) is 68.8 Å². The van der Waals surface area contributed by atoms with Gasteiger partial charge in [0.25, 0.3) is 5.69 Å². The number of hydrogen-bond donors (Lipinski definition) is 2. The summed E-state index contributed by atoms with van der Waals surface area (Å²) in [7, 11) is 0. The summed E-state index contributed by atoms with van der Waals surface area (Å²) in [6.45, 7) is 1.19. The Hall–Kier alpha value is -3.96. The van der Waals surface area contributed by atoms with Crippen LogP contribution in [-0.4, -0.2) is 33.9 Å². The van der Waals surface area contributed by atoms with Crippen LogP contribution in [0, 0.1) is 33.4 Å². The van der Waals surface area contributed by atoms with E-state index >= 15 is 0 Å². The number of ether oxygens (including phenoxy) is 1. The van der Waals surface area contributed by atoms with Gasteiger partial charge in [0, 0.05) is 12.3 Å². The monoisotopic (exact) mass is 428 g/mol. The van der Waals surface area contributed by atoms with E-state index in [9.17, 15) is 42.7 Å². The summed E-state index contributed by atoms with van der Waals surface area (Å²) in [4.78, 5) is 25.6. The van der Waals surface area contributed by atoms with Gasteiger partial charge in [0.1, 0.15) is 22.8 Å². The van der Waals surface area contributed by atoms with Gasteiger partial charge < -0.3 is 14.9 Å². The Morgan fingerprint density at radius 1 is 1.20 bits per heavy atom. The molecule has 12 heteroatoms. The van der Waals surface area contributed by atoms with Crippen molar-refractivity contribution in [2.75, 3.05) is 6.61 Å². The zero-order valence-electron chi connectivity index (χ0n) is 15.0. The number of hydrogen-bond acceptors (Lipinski definition) is 7. The summed E-state index contributed by atoms with van der Waals surface area (Å²) in [5.41, 5.74) is -2.84. The highest BCUT2D eigenvalue weighted by Crippen LogP contribution is 2.31. The van der Waals surface area contributed by atoms with E-state index in [4.69, 9.17) is 0 Å². The van der Waals surface area contributed by atoms with Crippen molar-refractivity contribution in [2.45, 2.75) is 6.92 Å². The van der Waals surface area contributed by atoms with Crippen LogP contribution in [0.4, 0.5) is 28.9 Å². The second kappa shape index (κ2) is 9.03. The molecule has 30 heavy (non-hydrogen) atoms. The van der Waals surface area contributed by atoms with Crippen LogP contribution in [0.2, 0.25) is 0 Å². The lowest BCUT2D eigenvalue weighted by molar-refractivity contribution is -0.384. The molecule has 0 spiro atoms. The molecule has 0 aliphatic rings. The lowest BCUT2D eigenvalue weighted by Gasteiger charge is -2.09. The molecule has 2 rings (SSSR count). The highest BCUT2D eigenvalue weighted by molar-refractivity contribution is 6.15. The molecule has 0 fully saturated rings. The first-order valence-corrected chi connectivity index (χ1v) is 8.03. The number of nitro benzene ring substituents is 1. The Labute approximate surface area is 165 Å². The van der Waals surface area contributed by atoms with Crippen LogP contribution < -0.4 is 0 Å². The lowest BCUT2D eigenvalue weighted by Crippen LogP contribution is -2.12. The maximum atomic E-state index is 14.0. The number of phenols is 1. The molecule has 0 bridgehead atoms. The number of esters is 1. The van der Waals surface area contributed by atoms with E-state index in [0.717, 1.165) is 18.2 Å². The fourth-order valence-electron chi connectivity index (χ4n) is 2.18. The molecule has 0 aliphatic carbocycles. The molecule has 8 nitrogen and oxygen atoms in total. The highest BCUT2D eigenvalue weighted by Gasteiger charge is 2.25. The summed E-state index contributed by atoms with van der Waals surface area (Å²) < 4.78 is 58.7. The van der Waals surface area contributed by atoms with Gasteiger partial charge in [-0.1, -0.05) is 0 Å². The van der Waals surface area contributed by atoms with Gasteiger partial charge in [-0.2, -0.15) is 0 Å². The third-order valence-electron chi connectivity index (χ3n) is 3.61. The Balaban J connectivity index is 2.61. The third-order valence-corrected chi connectivity index (χ3v) is 3.61. The Bertz CT molecular complexity index is 1080. The number of nitro groups is 1. The number of non-ortho nitro benzene ring substituents is 1. The van der Waals surface area contributed by atoms with Crippen molar-refractivity contribution >= 4 is 29.3 Å². The molecular formula is C18H12F4N2O6. The topological polar surface area (TPSA) is 122 Å². The maximum absolute atomic E-state index is 14.0. The number of halogens is 4. The number of carbonyl (C=O) groups is 1. The van der Waals surface area contributed by atoms with E-state index in [2.05, 4.69) is 9.73 Å². The van der Waals surface area contributed by atoms with Crippen molar-refractivity contribution in [1.29, 1.82) is 0 Å². The average Bonchev–Trinajstić information content (AvgIpc) is 2.70. The molecule has 0 heterocycles. The zero-order chi connectivity index (χ0) is 22.6. The number of aliphatic imine (C=N–C) groups is 1. The number of rotatable bonds is 6. The predicted molar refractivity (Wildman–Crippen MR) is 95.4 cm³/mol. The summed E-state index contributed by atoms with van der Waals surface area (Å²) in [6, 6.07) is 2.86. The molecule has 0 aromatic heterocycles. The minimum absolute atomic E-state index is 0.124. The lowest BCUT2D eigenvalue weighted by atomic mass is 10.1. The van der Waals surface area contributed by atoms with Gasteiger partial charge in [0.05, 0.1) is 23.2 Å². The van der Waals surface area contributed by atoms with Crippen molar-refractivity contribution < 1.29 is 42.2 Å². The minimum Gasteiger partial charge on any atom is -0.506 e. The average molecular weight is 428 g/mol. The number of benzene rings is 2. The largest absolute Gasteiger partial charge is 0.506 e. The van der Waals surface area contributed by atoms with Crippen LogP contribution in [0.5, 0.6) is 5.75 Å². The predicted octanol–water partition coefficient (Wildman–Crippen LogP) is 4.09. The summed E-state index contributed by atoms with van der Waals surface area (Å²) in [5, 5.41) is 30.7. The molecular weight excluding hydrogens is 416 g/mol. The fourth-order valence-corrected chi connectivity index (χ4v) is 2.18. The van der Waals surface area contributed by atoms with E-state index in [1.165, 1.54) is 6.92 Å². The fraction of sp³-hybridized carbons (Fsp3) is 0.111. The first-order chi connectivity index (χ1) is 14.1. The quantitative estimate of drug-likeness (QED) is 0.0823. The van der Waals surface area contributed by atoms with Crippen LogP contribution in [0.1, 0.15) is 12.5 Å². The van der Waals surface area contributed by atoms with Crippen LogP contribution in [0.25, 0.3) is 5.76 Å². The second-order valence-corrected chi connectivity index (χ2v) is 5.52. The third kappa shape index (κ3) is 4.54. The van der Waals surface area contributed by atoms with Gasteiger partial charge in [0.15, 0.2) is 23.3 Å². The number of aromatic hydroxyl groups is 1. The van der Waals surface area contributed by atoms with E-state index in [1.807, 2.05) is 0 Å². The van der Waals surface area contributed by atoms with Crippen LogP contribution in [0.3, 0.4) is 0 Å². The van der Waals surface area contributed by atoms with E-state index in [1.54, 1.807) is 0 Å². The standard InChI is InChI=1S/C18H12F4N2O6/c1-2-30-18(27)10(7-23-12-4-3-8(24(28)29)5-13(12)25)17(26)9-6-11(19)15(21)16(22)14(9)20/h3-7,25-26H,2H2,1H3. The Kier molecular flexibility index (Phi) is 6.72. The molecule has 2 aromatic carbocycles. The van der Waals surface area contributed by atoms with Crippen molar-refractivity contribution in [2.24, 2.45) is 4.99 Å². The molecule has 158 valence electrons. The molecule has 0 aliphatic heterocycles. The Morgan fingerprint density at radius 2 is 1.87 bits per heavy atom. The van der Waals surface area contributed by atoms with Crippen molar-refractivity contribution in [1.82, 2.24) is 0 Å². The van der Waals surface area contributed by atoms with Gasteiger partial charge in [0.2, 0.25) is 0 Å². The first kappa shape index (κ1) is 22.3. The van der Waals surface area contributed by atoms with Gasteiger partial charge in [-0.25, -0.2) is 22.4 Å². The molecule has 0 unspecified atom stereocenters. The number of aliphatic hydroxyl groups excluding tert-OH is 1. The number of nitrogens with zero attached hydrogens (tertiary/aromatic N) is 2. The SMILES string of the molecule is CCOC(=O)C(C=Nc1ccc([N+](=O)[O-])cc1O)=C(O)c1cc(F)c(F)c(F)c1F. The zero-order valence-corrected chi connectivity index (χ0v) is 15.0. The van der Waals surface area contributed by atoms with Crippen LogP contribution >= 0.6 is 0 Å².